The van der Waals surface area contributed by atoms with E-state index in [2.05, 4.69) is 47.9 Å². The van der Waals surface area contributed by atoms with Gasteiger partial charge in [0.15, 0.2) is 5.82 Å². The average Bonchev–Trinajstić information content (AvgIpc) is 3.77. The van der Waals surface area contributed by atoms with Crippen molar-refractivity contribution in [3.8, 4) is 11.1 Å². The zero-order valence-corrected chi connectivity index (χ0v) is 22.6. The highest BCUT2D eigenvalue weighted by molar-refractivity contribution is 5.77. The first kappa shape index (κ1) is 25.5. The third-order valence-electron chi connectivity index (χ3n) is 8.07. The standard InChI is InChI=1S/C29H30FN9O2/c1-19(20-2-4-24(30)5-3-20)22-11-31-29(32-12-22)37-8-6-36(7-9-37)28-25-10-21(14-38(25)35-18-33-28)23-13-34-39(15-23)26-16-41-17-27(26)40/h2-5,10-15,18-19,26-27,40H,6-9,16-17H2,1H3. The summed E-state index contributed by atoms with van der Waals surface area (Å²) in [4.78, 5) is 18.4. The molecule has 2 aliphatic rings. The molecule has 4 aromatic heterocycles. The molecule has 2 fully saturated rings. The predicted molar refractivity (Wildman–Crippen MR) is 150 cm³/mol. The summed E-state index contributed by atoms with van der Waals surface area (Å²) in [5.41, 5.74) is 4.86. The molecule has 0 aliphatic carbocycles. The Labute approximate surface area is 235 Å². The maximum absolute atomic E-state index is 13.3. The molecule has 1 aromatic carbocycles. The number of aliphatic hydroxyl groups is 1. The minimum Gasteiger partial charge on any atom is -0.388 e. The summed E-state index contributed by atoms with van der Waals surface area (Å²) < 4.78 is 22.3. The Kier molecular flexibility index (Phi) is 6.56. The molecule has 11 nitrogen and oxygen atoms in total. The van der Waals surface area contributed by atoms with Crippen LogP contribution >= 0.6 is 0 Å². The molecule has 0 amide bonds. The van der Waals surface area contributed by atoms with Crippen LogP contribution in [0.1, 0.15) is 30.0 Å². The van der Waals surface area contributed by atoms with Crippen molar-refractivity contribution in [2.45, 2.75) is 25.0 Å². The van der Waals surface area contributed by atoms with Crippen molar-refractivity contribution in [3.05, 3.63) is 84.6 Å². The van der Waals surface area contributed by atoms with Gasteiger partial charge in [0.05, 0.1) is 19.4 Å². The summed E-state index contributed by atoms with van der Waals surface area (Å²) in [6.07, 6.45) is 10.5. The fourth-order valence-electron chi connectivity index (χ4n) is 5.55. The third kappa shape index (κ3) is 4.89. The van der Waals surface area contributed by atoms with Gasteiger partial charge in [-0.1, -0.05) is 19.1 Å². The van der Waals surface area contributed by atoms with Crippen molar-refractivity contribution in [3.63, 3.8) is 0 Å². The first-order valence-corrected chi connectivity index (χ1v) is 13.7. The van der Waals surface area contributed by atoms with Gasteiger partial charge in [-0.25, -0.2) is 23.9 Å². The second-order valence-electron chi connectivity index (χ2n) is 10.6. The molecule has 1 N–H and O–H groups in total. The summed E-state index contributed by atoms with van der Waals surface area (Å²) in [5.74, 6) is 1.41. The van der Waals surface area contributed by atoms with Crippen molar-refractivity contribution in [1.29, 1.82) is 0 Å². The normalized spacial score (nSPS) is 20.2. The van der Waals surface area contributed by atoms with Gasteiger partial charge in [0.25, 0.3) is 0 Å². The van der Waals surface area contributed by atoms with Crippen LogP contribution in [0.4, 0.5) is 16.2 Å². The SMILES string of the molecule is CC(c1ccc(F)cc1)c1cnc(N2CCN(c3ncnn4cc(-c5cnn(C6COCC6O)c5)cc34)CC2)nc1. The number of aromatic nitrogens is 7. The van der Waals surface area contributed by atoms with E-state index < -0.39 is 6.10 Å². The van der Waals surface area contributed by atoms with Crippen molar-refractivity contribution in [2.24, 2.45) is 0 Å². The van der Waals surface area contributed by atoms with E-state index in [9.17, 15) is 9.50 Å². The number of halogens is 1. The van der Waals surface area contributed by atoms with Gasteiger partial charge in [-0.2, -0.15) is 10.2 Å². The molecule has 3 atom stereocenters. The number of nitrogens with zero attached hydrogens (tertiary/aromatic N) is 9. The lowest BCUT2D eigenvalue weighted by atomic mass is 9.95. The number of anilines is 2. The summed E-state index contributed by atoms with van der Waals surface area (Å²) in [7, 11) is 0. The predicted octanol–water partition coefficient (Wildman–Crippen LogP) is 2.93. The average molecular weight is 556 g/mol. The van der Waals surface area contributed by atoms with Crippen LogP contribution in [0.3, 0.4) is 0 Å². The Morgan fingerprint density at radius 2 is 1.63 bits per heavy atom. The Morgan fingerprint density at radius 3 is 2.37 bits per heavy atom. The number of ether oxygens (including phenoxy) is 1. The van der Waals surface area contributed by atoms with Gasteiger partial charge in [0.2, 0.25) is 5.95 Å². The van der Waals surface area contributed by atoms with Gasteiger partial charge in [0.1, 0.15) is 29.8 Å². The molecule has 12 heteroatoms. The monoisotopic (exact) mass is 555 g/mol. The molecule has 0 radical (unpaired) electrons. The van der Waals surface area contributed by atoms with Crippen molar-refractivity contribution < 1.29 is 14.2 Å². The molecule has 41 heavy (non-hydrogen) atoms. The second-order valence-corrected chi connectivity index (χ2v) is 10.6. The zero-order valence-electron chi connectivity index (χ0n) is 22.6. The van der Waals surface area contributed by atoms with Gasteiger partial charge >= 0.3 is 0 Å². The van der Waals surface area contributed by atoms with E-state index in [1.165, 1.54) is 12.1 Å². The smallest absolute Gasteiger partial charge is 0.225 e. The minimum atomic E-state index is -0.555. The minimum absolute atomic E-state index is 0.0752. The number of hydrogen-bond acceptors (Lipinski definition) is 9. The number of benzene rings is 1. The molecule has 2 saturated heterocycles. The van der Waals surface area contributed by atoms with E-state index in [0.29, 0.717) is 19.2 Å². The molecule has 6 heterocycles. The van der Waals surface area contributed by atoms with Crippen LogP contribution in [-0.2, 0) is 4.74 Å². The van der Waals surface area contributed by atoms with E-state index in [4.69, 9.17) is 4.74 Å². The lowest BCUT2D eigenvalue weighted by molar-refractivity contribution is 0.118. The number of rotatable bonds is 6. The van der Waals surface area contributed by atoms with Crippen molar-refractivity contribution in [2.75, 3.05) is 49.2 Å². The highest BCUT2D eigenvalue weighted by atomic mass is 19.1. The zero-order chi connectivity index (χ0) is 27.9. The van der Waals surface area contributed by atoms with Crippen LogP contribution in [0.25, 0.3) is 16.6 Å². The fraction of sp³-hybridized carbons (Fsp3) is 0.345. The van der Waals surface area contributed by atoms with Crippen LogP contribution < -0.4 is 9.80 Å². The van der Waals surface area contributed by atoms with E-state index in [1.807, 2.05) is 29.3 Å². The maximum Gasteiger partial charge on any atom is 0.225 e. The highest BCUT2D eigenvalue weighted by Gasteiger charge is 2.29. The fourth-order valence-corrected chi connectivity index (χ4v) is 5.55. The van der Waals surface area contributed by atoms with Crippen LogP contribution in [0.15, 0.2) is 67.6 Å². The highest BCUT2D eigenvalue weighted by Crippen LogP contribution is 2.29. The largest absolute Gasteiger partial charge is 0.388 e. The van der Waals surface area contributed by atoms with Gasteiger partial charge in [-0.3, -0.25) is 4.68 Å². The van der Waals surface area contributed by atoms with Gasteiger partial charge in [-0.05, 0) is 29.3 Å². The first-order valence-electron chi connectivity index (χ1n) is 13.7. The molecular formula is C29H30FN9O2. The molecule has 3 unspecified atom stereocenters. The molecule has 210 valence electrons. The number of fused-ring (bicyclic) bond motifs is 1. The molecule has 0 spiro atoms. The summed E-state index contributed by atoms with van der Waals surface area (Å²) in [6, 6.07) is 8.46. The lowest BCUT2D eigenvalue weighted by Gasteiger charge is -2.35. The Morgan fingerprint density at radius 1 is 0.878 bits per heavy atom. The third-order valence-corrected chi connectivity index (χ3v) is 8.07. The lowest BCUT2D eigenvalue weighted by Crippen LogP contribution is -2.47. The molecule has 0 saturated carbocycles. The second kappa shape index (κ2) is 10.5. The van der Waals surface area contributed by atoms with E-state index >= 15 is 0 Å². The molecule has 7 rings (SSSR count). The topological polar surface area (TPSA) is 110 Å². The maximum atomic E-state index is 13.3. The summed E-state index contributed by atoms with van der Waals surface area (Å²) >= 11 is 0. The van der Waals surface area contributed by atoms with E-state index in [0.717, 1.165) is 59.8 Å². The van der Waals surface area contributed by atoms with Crippen LogP contribution in [0, 0.1) is 5.82 Å². The van der Waals surface area contributed by atoms with Crippen molar-refractivity contribution >= 4 is 17.3 Å². The summed E-state index contributed by atoms with van der Waals surface area (Å²) in [5, 5.41) is 19.1. The first-order chi connectivity index (χ1) is 20.0. The van der Waals surface area contributed by atoms with E-state index in [-0.39, 0.29) is 17.8 Å². The Bertz CT molecular complexity index is 1650. The molecule has 2 aliphatic heterocycles. The van der Waals surface area contributed by atoms with Crippen LogP contribution in [0.2, 0.25) is 0 Å². The van der Waals surface area contributed by atoms with Gasteiger partial charge < -0.3 is 19.6 Å². The molecule has 5 aromatic rings. The number of hydrogen-bond donors (Lipinski definition) is 1. The Balaban J connectivity index is 1.04. The quantitative estimate of drug-likeness (QED) is 0.338. The van der Waals surface area contributed by atoms with Crippen LogP contribution in [0.5, 0.6) is 0 Å². The van der Waals surface area contributed by atoms with Crippen molar-refractivity contribution in [1.82, 2.24) is 34.3 Å². The van der Waals surface area contributed by atoms with Gasteiger partial charge in [0, 0.05) is 68.0 Å². The van der Waals surface area contributed by atoms with E-state index in [1.54, 1.807) is 29.3 Å². The molecule has 0 bridgehead atoms. The number of aliphatic hydroxyl groups excluding tert-OH is 1. The number of piperazine rings is 1. The molecular weight excluding hydrogens is 525 g/mol. The Hall–Kier alpha value is -4.42. The van der Waals surface area contributed by atoms with Crippen LogP contribution in [-0.4, -0.2) is 84.9 Å². The summed E-state index contributed by atoms with van der Waals surface area (Å²) in [6.45, 7) is 5.90. The van der Waals surface area contributed by atoms with Gasteiger partial charge in [-0.15, -0.1) is 0 Å².